The lowest BCUT2D eigenvalue weighted by atomic mass is 10.1. The Labute approximate surface area is 170 Å². The van der Waals surface area contributed by atoms with Crippen LogP contribution in [0.2, 0.25) is 0 Å². The quantitative estimate of drug-likeness (QED) is 0.190. The van der Waals surface area contributed by atoms with Crippen LogP contribution in [0.15, 0.2) is 4.99 Å². The predicted octanol–water partition coefficient (Wildman–Crippen LogP) is 2.97. The second-order valence-electron chi connectivity index (χ2n) is 7.44. The van der Waals surface area contributed by atoms with Gasteiger partial charge in [-0.05, 0) is 53.9 Å². The maximum atomic E-state index is 11.6. The highest BCUT2D eigenvalue weighted by Gasteiger charge is 2.15. The lowest BCUT2D eigenvalue weighted by Gasteiger charge is -2.19. The van der Waals surface area contributed by atoms with E-state index in [1.165, 1.54) is 0 Å². The Hall–Kier alpha value is -1.99. The molecule has 0 aromatic rings. The molecule has 0 aliphatic rings. The lowest BCUT2D eigenvalue weighted by Crippen LogP contribution is -2.38. The van der Waals surface area contributed by atoms with Gasteiger partial charge in [-0.1, -0.05) is 12.8 Å². The van der Waals surface area contributed by atoms with Crippen molar-refractivity contribution >= 4 is 18.0 Å². The zero-order chi connectivity index (χ0) is 21.3. The number of carbonyl (C=O) groups is 2. The zero-order valence-corrected chi connectivity index (χ0v) is 18.4. The van der Waals surface area contributed by atoms with E-state index >= 15 is 0 Å². The van der Waals surface area contributed by atoms with Crippen LogP contribution in [-0.2, 0) is 14.3 Å². The Morgan fingerprint density at radius 1 is 0.893 bits per heavy atom. The van der Waals surface area contributed by atoms with E-state index in [1.807, 2.05) is 34.6 Å². The van der Waals surface area contributed by atoms with Crippen LogP contribution in [0, 0.1) is 0 Å². The average Bonchev–Trinajstić information content (AvgIpc) is 2.59. The number of hydrogen-bond acceptors (Lipinski definition) is 5. The summed E-state index contributed by atoms with van der Waals surface area (Å²) >= 11 is 0. The normalized spacial score (nSPS) is 11.7. The van der Waals surface area contributed by atoms with Crippen LogP contribution in [-0.4, -0.2) is 56.4 Å². The largest absolute Gasteiger partial charge is 0.466 e. The third-order valence-corrected chi connectivity index (χ3v) is 3.52. The molecule has 164 valence electrons. The van der Waals surface area contributed by atoms with Gasteiger partial charge >= 0.3 is 12.1 Å². The maximum absolute atomic E-state index is 11.6. The summed E-state index contributed by atoms with van der Waals surface area (Å²) in [4.78, 5) is 27.3. The van der Waals surface area contributed by atoms with Gasteiger partial charge in [0.25, 0.3) is 0 Å². The van der Waals surface area contributed by atoms with E-state index in [1.54, 1.807) is 0 Å². The van der Waals surface area contributed by atoms with Crippen molar-refractivity contribution in [1.82, 2.24) is 16.0 Å². The van der Waals surface area contributed by atoms with Crippen molar-refractivity contribution in [3.05, 3.63) is 0 Å². The Kier molecular flexibility index (Phi) is 14.9. The molecule has 0 rings (SSSR count). The number of aliphatic imine (C=N–C) groups is 1. The lowest BCUT2D eigenvalue weighted by molar-refractivity contribution is -0.143. The number of nitrogens with zero attached hydrogens (tertiary/aromatic N) is 1. The number of nitrogens with one attached hydrogen (secondary N) is 3. The molecule has 0 aromatic heterocycles. The molecule has 0 fully saturated rings. The summed E-state index contributed by atoms with van der Waals surface area (Å²) in [6.07, 6.45) is 4.82. The van der Waals surface area contributed by atoms with Crippen molar-refractivity contribution < 1.29 is 19.1 Å². The van der Waals surface area contributed by atoms with Crippen molar-refractivity contribution in [3.8, 4) is 0 Å². The standard InChI is InChI=1S/C20H40N4O4/c1-6-21-18(22-14-11-9-8-10-13-17(25)27-7-2)23-15-12-16-24-19(26)28-20(3,4)5/h6-16H2,1-5H3,(H,24,26)(H2,21,22,23). The molecular formula is C20H40N4O4. The molecule has 0 saturated carbocycles. The van der Waals surface area contributed by atoms with E-state index < -0.39 is 11.7 Å². The number of alkyl carbamates (subject to hydrolysis) is 1. The average molecular weight is 401 g/mol. The number of carbonyl (C=O) groups excluding carboxylic acids is 2. The van der Waals surface area contributed by atoms with Gasteiger partial charge in [-0.2, -0.15) is 0 Å². The fourth-order valence-electron chi connectivity index (χ4n) is 2.30. The van der Waals surface area contributed by atoms with Gasteiger partial charge in [0.05, 0.1) is 6.61 Å². The molecule has 0 aromatic carbocycles. The summed E-state index contributed by atoms with van der Waals surface area (Å²) < 4.78 is 10.1. The summed E-state index contributed by atoms with van der Waals surface area (Å²) in [5.74, 6) is 0.676. The van der Waals surface area contributed by atoms with Crippen LogP contribution in [0.3, 0.4) is 0 Å². The van der Waals surface area contributed by atoms with E-state index in [9.17, 15) is 9.59 Å². The Morgan fingerprint density at radius 2 is 1.57 bits per heavy atom. The number of amides is 1. The molecule has 0 atom stereocenters. The molecule has 8 heteroatoms. The van der Waals surface area contributed by atoms with Gasteiger partial charge in [0.2, 0.25) is 0 Å². The number of rotatable bonds is 13. The van der Waals surface area contributed by atoms with Crippen molar-refractivity contribution in [2.75, 3.05) is 32.8 Å². The maximum Gasteiger partial charge on any atom is 0.407 e. The van der Waals surface area contributed by atoms with E-state index in [0.29, 0.717) is 26.1 Å². The molecule has 0 radical (unpaired) electrons. The van der Waals surface area contributed by atoms with Crippen LogP contribution in [0.1, 0.15) is 73.1 Å². The minimum absolute atomic E-state index is 0.108. The number of ether oxygens (including phenoxy) is 2. The molecule has 0 aliphatic carbocycles. The predicted molar refractivity (Wildman–Crippen MR) is 113 cm³/mol. The SMILES string of the molecule is CCNC(=NCCCNC(=O)OC(C)(C)C)NCCCCCCC(=O)OCC. The van der Waals surface area contributed by atoms with Crippen molar-refractivity contribution in [2.24, 2.45) is 4.99 Å². The van der Waals surface area contributed by atoms with Gasteiger partial charge in [-0.25, -0.2) is 4.79 Å². The minimum Gasteiger partial charge on any atom is -0.466 e. The Morgan fingerprint density at radius 3 is 2.21 bits per heavy atom. The number of hydrogen-bond donors (Lipinski definition) is 3. The van der Waals surface area contributed by atoms with Gasteiger partial charge in [0.1, 0.15) is 5.60 Å². The van der Waals surface area contributed by atoms with Gasteiger partial charge in [0.15, 0.2) is 5.96 Å². The van der Waals surface area contributed by atoms with Crippen LogP contribution >= 0.6 is 0 Å². The molecule has 0 bridgehead atoms. The topological polar surface area (TPSA) is 101 Å². The van der Waals surface area contributed by atoms with Crippen LogP contribution in [0.25, 0.3) is 0 Å². The van der Waals surface area contributed by atoms with Gasteiger partial charge in [-0.3, -0.25) is 9.79 Å². The van der Waals surface area contributed by atoms with Crippen LogP contribution in [0.5, 0.6) is 0 Å². The first-order valence-electron chi connectivity index (χ1n) is 10.4. The molecular weight excluding hydrogens is 360 g/mol. The molecule has 0 saturated heterocycles. The van der Waals surface area contributed by atoms with Crippen molar-refractivity contribution in [2.45, 2.75) is 78.7 Å². The number of unbranched alkanes of at least 4 members (excludes halogenated alkanes) is 3. The Balaban J connectivity index is 3.84. The second kappa shape index (κ2) is 16.0. The smallest absolute Gasteiger partial charge is 0.407 e. The third kappa shape index (κ3) is 17.4. The van der Waals surface area contributed by atoms with E-state index in [4.69, 9.17) is 9.47 Å². The van der Waals surface area contributed by atoms with Crippen LogP contribution in [0.4, 0.5) is 4.79 Å². The van der Waals surface area contributed by atoms with E-state index in [-0.39, 0.29) is 5.97 Å². The fourth-order valence-corrected chi connectivity index (χ4v) is 2.30. The van der Waals surface area contributed by atoms with E-state index in [0.717, 1.165) is 51.2 Å². The first kappa shape index (κ1) is 26.0. The Bertz CT molecular complexity index is 462. The van der Waals surface area contributed by atoms with Crippen molar-refractivity contribution in [1.29, 1.82) is 0 Å². The van der Waals surface area contributed by atoms with Gasteiger partial charge < -0.3 is 25.4 Å². The monoisotopic (exact) mass is 400 g/mol. The summed E-state index contributed by atoms with van der Waals surface area (Å²) in [5.41, 5.74) is -0.483. The molecule has 0 spiro atoms. The fraction of sp³-hybridized carbons (Fsp3) is 0.850. The second-order valence-corrected chi connectivity index (χ2v) is 7.44. The summed E-state index contributed by atoms with van der Waals surface area (Å²) in [7, 11) is 0. The highest BCUT2D eigenvalue weighted by Crippen LogP contribution is 2.06. The number of guanidine groups is 1. The van der Waals surface area contributed by atoms with Crippen LogP contribution < -0.4 is 16.0 Å². The third-order valence-electron chi connectivity index (χ3n) is 3.52. The summed E-state index contributed by atoms with van der Waals surface area (Å²) in [6, 6.07) is 0. The minimum atomic E-state index is -0.483. The summed E-state index contributed by atoms with van der Waals surface area (Å²) in [6.45, 7) is 12.6. The molecule has 0 unspecified atom stereocenters. The zero-order valence-electron chi connectivity index (χ0n) is 18.4. The first-order chi connectivity index (χ1) is 13.3. The summed E-state index contributed by atoms with van der Waals surface area (Å²) in [5, 5.41) is 9.25. The first-order valence-corrected chi connectivity index (χ1v) is 10.4. The van der Waals surface area contributed by atoms with Gasteiger partial charge in [0, 0.05) is 32.6 Å². The van der Waals surface area contributed by atoms with Crippen molar-refractivity contribution in [3.63, 3.8) is 0 Å². The molecule has 0 heterocycles. The van der Waals surface area contributed by atoms with E-state index in [2.05, 4.69) is 20.9 Å². The number of esters is 1. The molecule has 1 amide bonds. The molecule has 8 nitrogen and oxygen atoms in total. The molecule has 0 aliphatic heterocycles. The molecule has 3 N–H and O–H groups in total. The molecule has 28 heavy (non-hydrogen) atoms. The van der Waals surface area contributed by atoms with Gasteiger partial charge in [-0.15, -0.1) is 0 Å². The highest BCUT2D eigenvalue weighted by atomic mass is 16.6. The highest BCUT2D eigenvalue weighted by molar-refractivity contribution is 5.79.